The molecule has 0 aliphatic heterocycles. The molecule has 0 saturated heterocycles. The van der Waals surface area contributed by atoms with Crippen molar-refractivity contribution in [1.82, 2.24) is 4.90 Å². The van der Waals surface area contributed by atoms with E-state index in [1.807, 2.05) is 66.8 Å². The van der Waals surface area contributed by atoms with Crippen LogP contribution in [-0.4, -0.2) is 30.6 Å². The lowest BCUT2D eigenvalue weighted by Gasteiger charge is -2.18. The third kappa shape index (κ3) is 3.72. The van der Waals surface area contributed by atoms with Crippen molar-refractivity contribution < 1.29 is 18.0 Å². The highest BCUT2D eigenvalue weighted by Crippen LogP contribution is 2.33. The van der Waals surface area contributed by atoms with Crippen molar-refractivity contribution in [2.24, 2.45) is 0 Å². The molecule has 0 aromatic heterocycles. The molecule has 2 aromatic rings. The first kappa shape index (κ1) is 18.0. The molecule has 0 atom stereocenters. The van der Waals surface area contributed by atoms with Crippen LogP contribution in [0.2, 0.25) is 0 Å². The fourth-order valence-electron chi connectivity index (χ4n) is 3.04. The maximum atomic E-state index is 12.5. The first-order valence-electron chi connectivity index (χ1n) is 8.27. The number of benzene rings is 2. The molecule has 0 unspecified atom stereocenters. The summed E-state index contributed by atoms with van der Waals surface area (Å²) in [7, 11) is 1.17. The van der Waals surface area contributed by atoms with Gasteiger partial charge in [0.15, 0.2) is 0 Å². The van der Waals surface area contributed by atoms with Gasteiger partial charge < -0.3 is 4.90 Å². The Hall–Kier alpha value is -2.82. The van der Waals surface area contributed by atoms with E-state index >= 15 is 0 Å². The van der Waals surface area contributed by atoms with Crippen LogP contribution in [0.25, 0.3) is 17.7 Å². The van der Waals surface area contributed by atoms with Crippen molar-refractivity contribution in [1.29, 1.82) is 0 Å². The molecule has 0 N–H and O–H groups in total. The average molecular weight is 357 g/mol. The third-order valence-electron chi connectivity index (χ3n) is 4.35. The molecule has 5 heteroatoms. The number of halogens is 3. The molecule has 0 bridgehead atoms. The summed E-state index contributed by atoms with van der Waals surface area (Å²) in [6, 6.07) is 15.8. The summed E-state index contributed by atoms with van der Waals surface area (Å²) in [5.74, 6) is -1.82. The van der Waals surface area contributed by atoms with E-state index in [1.54, 1.807) is 0 Å². The van der Waals surface area contributed by atoms with E-state index in [1.165, 1.54) is 7.05 Å². The number of nitrogens with zero attached hydrogens (tertiary/aromatic N) is 1. The first-order valence-corrected chi connectivity index (χ1v) is 8.27. The van der Waals surface area contributed by atoms with E-state index in [0.29, 0.717) is 11.3 Å². The molecule has 3 rings (SSSR count). The van der Waals surface area contributed by atoms with E-state index in [2.05, 4.69) is 0 Å². The van der Waals surface area contributed by atoms with Crippen molar-refractivity contribution in [3.8, 4) is 0 Å². The van der Waals surface area contributed by atoms with Crippen LogP contribution >= 0.6 is 0 Å². The SMILES string of the molecule is CN(CCC=C1c2ccccc2C=Cc2ccccc21)C(=O)C(F)(F)F. The van der Waals surface area contributed by atoms with Gasteiger partial charge in [-0.2, -0.15) is 13.2 Å². The second-order valence-electron chi connectivity index (χ2n) is 6.14. The number of carbonyl (C=O) groups is 1. The molecule has 2 nitrogen and oxygen atoms in total. The van der Waals surface area contributed by atoms with Crippen molar-refractivity contribution in [2.75, 3.05) is 13.6 Å². The Balaban J connectivity index is 1.90. The highest BCUT2D eigenvalue weighted by Gasteiger charge is 2.40. The highest BCUT2D eigenvalue weighted by molar-refractivity contribution is 5.93. The summed E-state index contributed by atoms with van der Waals surface area (Å²) in [6.45, 7) is -0.000391. The molecule has 0 radical (unpaired) electrons. The van der Waals surface area contributed by atoms with E-state index in [0.717, 1.165) is 27.8 Å². The molecule has 26 heavy (non-hydrogen) atoms. The minimum absolute atomic E-state index is 0.000391. The maximum absolute atomic E-state index is 12.5. The fraction of sp³-hybridized carbons (Fsp3) is 0.190. The number of hydrogen-bond donors (Lipinski definition) is 0. The molecule has 2 aromatic carbocycles. The summed E-state index contributed by atoms with van der Waals surface area (Å²) in [5.41, 5.74) is 5.12. The number of amides is 1. The Morgan fingerprint density at radius 3 is 1.96 bits per heavy atom. The van der Waals surface area contributed by atoms with Crippen LogP contribution < -0.4 is 0 Å². The molecular formula is C21H18F3NO. The fourth-order valence-corrected chi connectivity index (χ4v) is 3.04. The van der Waals surface area contributed by atoms with E-state index in [-0.39, 0.29) is 6.54 Å². The maximum Gasteiger partial charge on any atom is 0.471 e. The van der Waals surface area contributed by atoms with Crippen LogP contribution in [0.4, 0.5) is 13.2 Å². The number of rotatable bonds is 3. The van der Waals surface area contributed by atoms with Crippen molar-refractivity contribution in [3.05, 3.63) is 76.9 Å². The Labute approximate surface area is 150 Å². The van der Waals surface area contributed by atoms with Crippen LogP contribution in [0.3, 0.4) is 0 Å². The van der Waals surface area contributed by atoms with Crippen molar-refractivity contribution >= 4 is 23.6 Å². The lowest BCUT2D eigenvalue weighted by molar-refractivity contribution is -0.183. The Morgan fingerprint density at radius 2 is 1.46 bits per heavy atom. The largest absolute Gasteiger partial charge is 0.471 e. The highest BCUT2D eigenvalue weighted by atomic mass is 19.4. The Kier molecular flexibility index (Phi) is 4.98. The zero-order chi connectivity index (χ0) is 18.7. The molecule has 0 fully saturated rings. The summed E-state index contributed by atoms with van der Waals surface area (Å²) >= 11 is 0. The molecule has 134 valence electrons. The van der Waals surface area contributed by atoms with Gasteiger partial charge in [-0.05, 0) is 34.2 Å². The first-order chi connectivity index (χ1) is 12.4. The van der Waals surface area contributed by atoms with Gasteiger partial charge in [0.25, 0.3) is 0 Å². The molecule has 0 heterocycles. The summed E-state index contributed by atoms with van der Waals surface area (Å²) in [4.78, 5) is 12.0. The molecule has 1 aliphatic rings. The van der Waals surface area contributed by atoms with Gasteiger partial charge in [-0.25, -0.2) is 0 Å². The molecule has 1 aliphatic carbocycles. The smallest absolute Gasteiger partial charge is 0.338 e. The number of carbonyl (C=O) groups excluding carboxylic acids is 1. The Morgan fingerprint density at radius 1 is 0.962 bits per heavy atom. The average Bonchev–Trinajstić information content (AvgIpc) is 2.78. The molecule has 1 amide bonds. The van der Waals surface area contributed by atoms with Gasteiger partial charge in [0.05, 0.1) is 0 Å². The Bertz CT molecular complexity index is 829. The van der Waals surface area contributed by atoms with Gasteiger partial charge in [0.1, 0.15) is 0 Å². The minimum Gasteiger partial charge on any atom is -0.338 e. The number of hydrogen-bond acceptors (Lipinski definition) is 1. The van der Waals surface area contributed by atoms with Crippen LogP contribution in [-0.2, 0) is 4.79 Å². The zero-order valence-corrected chi connectivity index (χ0v) is 14.3. The molecule has 0 saturated carbocycles. The summed E-state index contributed by atoms with van der Waals surface area (Å²) in [6.07, 6.45) is 1.47. The van der Waals surface area contributed by atoms with Gasteiger partial charge in [-0.15, -0.1) is 0 Å². The lowest BCUT2D eigenvalue weighted by atomic mass is 9.93. The van der Waals surface area contributed by atoms with Gasteiger partial charge in [-0.3, -0.25) is 4.79 Å². The van der Waals surface area contributed by atoms with Gasteiger partial charge in [-0.1, -0.05) is 66.8 Å². The van der Waals surface area contributed by atoms with Crippen LogP contribution in [0, 0.1) is 0 Å². The normalized spacial score (nSPS) is 12.8. The van der Waals surface area contributed by atoms with Crippen LogP contribution in [0.15, 0.2) is 54.6 Å². The van der Waals surface area contributed by atoms with E-state index in [9.17, 15) is 18.0 Å². The number of fused-ring (bicyclic) bond motifs is 2. The standard InChI is InChI=1S/C21H18F3NO/c1-25(20(26)21(22,23)24)14-6-11-19-17-9-4-2-7-15(17)12-13-16-8-3-5-10-18(16)19/h2-5,7-13H,6,14H2,1H3. The van der Waals surface area contributed by atoms with E-state index < -0.39 is 12.1 Å². The predicted molar refractivity (Wildman–Crippen MR) is 97.2 cm³/mol. The topological polar surface area (TPSA) is 20.3 Å². The third-order valence-corrected chi connectivity index (χ3v) is 4.35. The van der Waals surface area contributed by atoms with Crippen molar-refractivity contribution in [2.45, 2.75) is 12.6 Å². The van der Waals surface area contributed by atoms with Gasteiger partial charge in [0.2, 0.25) is 0 Å². The van der Waals surface area contributed by atoms with E-state index in [4.69, 9.17) is 0 Å². The quantitative estimate of drug-likeness (QED) is 0.645. The van der Waals surface area contributed by atoms with Crippen LogP contribution in [0.5, 0.6) is 0 Å². The monoisotopic (exact) mass is 357 g/mol. The van der Waals surface area contributed by atoms with Gasteiger partial charge in [0, 0.05) is 13.6 Å². The zero-order valence-electron chi connectivity index (χ0n) is 14.3. The molecule has 0 spiro atoms. The number of alkyl halides is 3. The lowest BCUT2D eigenvalue weighted by Crippen LogP contribution is -2.38. The second-order valence-corrected chi connectivity index (χ2v) is 6.14. The minimum atomic E-state index is -4.84. The van der Waals surface area contributed by atoms with Gasteiger partial charge >= 0.3 is 12.1 Å². The van der Waals surface area contributed by atoms with Crippen LogP contribution in [0.1, 0.15) is 28.7 Å². The van der Waals surface area contributed by atoms with Crippen molar-refractivity contribution in [3.63, 3.8) is 0 Å². The molecular weight excluding hydrogens is 339 g/mol. The predicted octanol–water partition coefficient (Wildman–Crippen LogP) is 5.01. The summed E-state index contributed by atoms with van der Waals surface area (Å²) < 4.78 is 37.5. The second kappa shape index (κ2) is 7.20. The summed E-state index contributed by atoms with van der Waals surface area (Å²) in [5, 5.41) is 0.